The lowest BCUT2D eigenvalue weighted by atomic mass is 10.2. The molecule has 3 heterocycles. The number of hydrogen-bond acceptors (Lipinski definition) is 4. The van der Waals surface area contributed by atoms with Crippen molar-refractivity contribution in [2.75, 3.05) is 18.4 Å². The van der Waals surface area contributed by atoms with Crippen LogP contribution in [0.1, 0.15) is 24.2 Å². The van der Waals surface area contributed by atoms with E-state index in [4.69, 9.17) is 0 Å². The number of aromatic amines is 1. The average Bonchev–Trinajstić information content (AvgIpc) is 3.20. The van der Waals surface area contributed by atoms with Crippen molar-refractivity contribution in [1.29, 1.82) is 0 Å². The summed E-state index contributed by atoms with van der Waals surface area (Å²) in [4.78, 5) is 14.5. The van der Waals surface area contributed by atoms with Crippen LogP contribution in [0.4, 0.5) is 5.69 Å². The lowest BCUT2D eigenvalue weighted by Gasteiger charge is -2.23. The molecule has 0 saturated carbocycles. The summed E-state index contributed by atoms with van der Waals surface area (Å²) in [5.74, 6) is 0.0139. The first kappa shape index (κ1) is 14.8. The minimum Gasteiger partial charge on any atom is -0.322 e. The average molecular weight is 302 g/mol. The van der Waals surface area contributed by atoms with Crippen LogP contribution in [0.25, 0.3) is 0 Å². The van der Waals surface area contributed by atoms with Crippen LogP contribution in [-0.4, -0.2) is 49.9 Å². The van der Waals surface area contributed by atoms with E-state index >= 15 is 0 Å². The number of anilines is 1. The summed E-state index contributed by atoms with van der Waals surface area (Å²) in [7, 11) is 0. The summed E-state index contributed by atoms with van der Waals surface area (Å²) in [6, 6.07) is 2.30. The number of amides is 1. The molecule has 2 N–H and O–H groups in total. The van der Waals surface area contributed by atoms with Crippen molar-refractivity contribution >= 4 is 11.6 Å². The van der Waals surface area contributed by atoms with Gasteiger partial charge in [0.25, 0.3) is 0 Å². The van der Waals surface area contributed by atoms with Crippen molar-refractivity contribution in [1.82, 2.24) is 24.9 Å². The minimum atomic E-state index is 0.0139. The molecule has 1 amide bonds. The molecular formula is C15H22N6O. The third kappa shape index (κ3) is 3.19. The van der Waals surface area contributed by atoms with Crippen molar-refractivity contribution < 1.29 is 4.79 Å². The fourth-order valence-electron chi connectivity index (χ4n) is 3.03. The number of nitrogens with zero attached hydrogens (tertiary/aromatic N) is 4. The molecule has 0 spiro atoms. The van der Waals surface area contributed by atoms with Crippen LogP contribution >= 0.6 is 0 Å². The Morgan fingerprint density at radius 1 is 1.50 bits per heavy atom. The molecule has 118 valence electrons. The molecule has 1 fully saturated rings. The Kier molecular flexibility index (Phi) is 4.24. The zero-order valence-electron chi connectivity index (χ0n) is 13.0. The summed E-state index contributed by atoms with van der Waals surface area (Å²) in [6.45, 7) is 6.00. The summed E-state index contributed by atoms with van der Waals surface area (Å²) in [5.41, 5.74) is 2.51. The van der Waals surface area contributed by atoms with Gasteiger partial charge < -0.3 is 5.32 Å². The lowest BCUT2D eigenvalue weighted by molar-refractivity contribution is -0.117. The predicted octanol–water partition coefficient (Wildman–Crippen LogP) is 1.33. The maximum absolute atomic E-state index is 12.3. The van der Waals surface area contributed by atoms with Crippen LogP contribution in [-0.2, 0) is 11.3 Å². The molecule has 7 nitrogen and oxygen atoms in total. The zero-order chi connectivity index (χ0) is 15.5. The van der Waals surface area contributed by atoms with Crippen molar-refractivity contribution in [3.8, 4) is 0 Å². The van der Waals surface area contributed by atoms with Crippen LogP contribution < -0.4 is 5.32 Å². The van der Waals surface area contributed by atoms with Crippen LogP contribution in [0, 0.1) is 13.8 Å². The highest BCUT2D eigenvalue weighted by Crippen LogP contribution is 2.20. The Balaban J connectivity index is 1.58. The number of aryl methyl sites for hydroxylation is 2. The van der Waals surface area contributed by atoms with Gasteiger partial charge in [0, 0.05) is 18.4 Å². The molecule has 2 aromatic heterocycles. The highest BCUT2D eigenvalue weighted by molar-refractivity contribution is 5.93. The second kappa shape index (κ2) is 6.31. The summed E-state index contributed by atoms with van der Waals surface area (Å²) in [5, 5.41) is 14.2. The molecule has 3 rings (SSSR count). The van der Waals surface area contributed by atoms with Crippen molar-refractivity contribution in [2.24, 2.45) is 0 Å². The normalized spacial score (nSPS) is 18.7. The van der Waals surface area contributed by atoms with Gasteiger partial charge in [-0.3, -0.25) is 19.5 Å². The van der Waals surface area contributed by atoms with E-state index in [0.29, 0.717) is 12.6 Å². The largest absolute Gasteiger partial charge is 0.322 e. The molecule has 1 aliphatic heterocycles. The fraction of sp³-hybridized carbons (Fsp3) is 0.533. The smallest absolute Gasteiger partial charge is 0.238 e. The molecule has 2 aromatic rings. The van der Waals surface area contributed by atoms with Gasteiger partial charge in [-0.15, -0.1) is 0 Å². The number of nitrogens with one attached hydrogen (secondary N) is 2. The Morgan fingerprint density at radius 2 is 2.36 bits per heavy atom. The molecule has 0 aromatic carbocycles. The third-order valence-electron chi connectivity index (χ3n) is 4.20. The van der Waals surface area contributed by atoms with Gasteiger partial charge in [0.2, 0.25) is 5.91 Å². The Bertz CT molecular complexity index is 613. The van der Waals surface area contributed by atoms with Crippen molar-refractivity contribution in [3.05, 3.63) is 29.8 Å². The SMILES string of the molecule is Cc1n[nH]c(C)c1NC(=O)CN1CCC[C@@H]1Cn1cccn1. The van der Waals surface area contributed by atoms with Crippen molar-refractivity contribution in [2.45, 2.75) is 39.3 Å². The third-order valence-corrected chi connectivity index (χ3v) is 4.20. The second-order valence-electron chi connectivity index (χ2n) is 5.85. The maximum Gasteiger partial charge on any atom is 0.238 e. The van der Waals surface area contributed by atoms with Crippen molar-refractivity contribution in [3.63, 3.8) is 0 Å². The van der Waals surface area contributed by atoms with Gasteiger partial charge in [-0.2, -0.15) is 10.2 Å². The number of likely N-dealkylation sites (tertiary alicyclic amines) is 1. The molecule has 1 saturated heterocycles. The topological polar surface area (TPSA) is 78.8 Å². The van der Waals surface area contributed by atoms with Gasteiger partial charge in [0.1, 0.15) is 0 Å². The quantitative estimate of drug-likeness (QED) is 0.873. The van der Waals surface area contributed by atoms with E-state index in [0.717, 1.165) is 43.0 Å². The molecule has 1 aliphatic rings. The number of carbonyl (C=O) groups excluding carboxylic acids is 1. The molecule has 7 heteroatoms. The van der Waals surface area contributed by atoms with E-state index in [2.05, 4.69) is 25.5 Å². The minimum absolute atomic E-state index is 0.0139. The molecule has 1 atom stereocenters. The first-order valence-corrected chi connectivity index (χ1v) is 7.66. The Hall–Kier alpha value is -2.15. The van der Waals surface area contributed by atoms with E-state index in [1.165, 1.54) is 0 Å². The first-order valence-electron chi connectivity index (χ1n) is 7.66. The van der Waals surface area contributed by atoms with Crippen LogP contribution in [0.15, 0.2) is 18.5 Å². The van der Waals surface area contributed by atoms with Gasteiger partial charge in [-0.25, -0.2) is 0 Å². The van der Waals surface area contributed by atoms with E-state index in [-0.39, 0.29) is 5.91 Å². The first-order chi connectivity index (χ1) is 10.6. The van der Waals surface area contributed by atoms with Gasteiger partial charge in [0.05, 0.1) is 30.2 Å². The maximum atomic E-state index is 12.3. The van der Waals surface area contributed by atoms with E-state index in [1.54, 1.807) is 6.20 Å². The number of aromatic nitrogens is 4. The van der Waals surface area contributed by atoms with Crippen LogP contribution in [0.3, 0.4) is 0 Å². The van der Waals surface area contributed by atoms with Crippen LogP contribution in [0.5, 0.6) is 0 Å². The lowest BCUT2D eigenvalue weighted by Crippen LogP contribution is -2.39. The van der Waals surface area contributed by atoms with E-state index in [1.807, 2.05) is 30.8 Å². The Labute approximate surface area is 129 Å². The van der Waals surface area contributed by atoms with Gasteiger partial charge in [-0.05, 0) is 39.3 Å². The van der Waals surface area contributed by atoms with Crippen LogP contribution in [0.2, 0.25) is 0 Å². The highest BCUT2D eigenvalue weighted by Gasteiger charge is 2.27. The zero-order valence-corrected chi connectivity index (χ0v) is 13.0. The number of rotatable bonds is 5. The molecule has 22 heavy (non-hydrogen) atoms. The molecule has 0 aliphatic carbocycles. The molecule has 0 unspecified atom stereocenters. The highest BCUT2D eigenvalue weighted by atomic mass is 16.2. The summed E-state index contributed by atoms with van der Waals surface area (Å²) < 4.78 is 1.94. The summed E-state index contributed by atoms with van der Waals surface area (Å²) in [6.07, 6.45) is 5.99. The second-order valence-corrected chi connectivity index (χ2v) is 5.85. The number of hydrogen-bond donors (Lipinski definition) is 2. The van der Waals surface area contributed by atoms with Gasteiger partial charge in [0.15, 0.2) is 0 Å². The number of H-pyrrole nitrogens is 1. The Morgan fingerprint density at radius 3 is 3.05 bits per heavy atom. The fourth-order valence-corrected chi connectivity index (χ4v) is 3.03. The standard InChI is InChI=1S/C15H22N6O/c1-11-15(12(2)19-18-11)17-14(22)10-20-7-3-5-13(20)9-21-8-4-6-16-21/h4,6,8,13H,3,5,7,9-10H2,1-2H3,(H,17,22)(H,18,19)/t13-/m1/s1. The molecular weight excluding hydrogens is 280 g/mol. The monoisotopic (exact) mass is 302 g/mol. The molecule has 0 bridgehead atoms. The molecule has 0 radical (unpaired) electrons. The number of carbonyl (C=O) groups is 1. The van der Waals surface area contributed by atoms with E-state index < -0.39 is 0 Å². The predicted molar refractivity (Wildman–Crippen MR) is 83.5 cm³/mol. The van der Waals surface area contributed by atoms with Gasteiger partial charge in [-0.1, -0.05) is 0 Å². The van der Waals surface area contributed by atoms with Gasteiger partial charge >= 0.3 is 0 Å². The van der Waals surface area contributed by atoms with E-state index in [9.17, 15) is 4.79 Å². The summed E-state index contributed by atoms with van der Waals surface area (Å²) >= 11 is 0.